The van der Waals surface area contributed by atoms with Crippen LogP contribution in [0.2, 0.25) is 5.02 Å². The fourth-order valence-electron chi connectivity index (χ4n) is 3.37. The predicted molar refractivity (Wildman–Crippen MR) is 127 cm³/mol. The Labute approximate surface area is 202 Å². The van der Waals surface area contributed by atoms with Crippen molar-refractivity contribution in [1.82, 2.24) is 24.7 Å². The van der Waals surface area contributed by atoms with E-state index < -0.39 is 0 Å². The number of rotatable bonds is 10. The Bertz CT molecular complexity index is 1230. The summed E-state index contributed by atoms with van der Waals surface area (Å²) >= 11 is 6.19. The minimum absolute atomic E-state index is 0.258. The van der Waals surface area contributed by atoms with Crippen molar-refractivity contribution in [2.45, 2.75) is 6.61 Å². The van der Waals surface area contributed by atoms with E-state index in [1.54, 1.807) is 45.9 Å². The number of hydrogen-bond donors (Lipinski definition) is 0. The van der Waals surface area contributed by atoms with Crippen molar-refractivity contribution in [2.75, 3.05) is 34.5 Å². The first-order valence-corrected chi connectivity index (χ1v) is 10.8. The van der Waals surface area contributed by atoms with Crippen LogP contribution >= 0.6 is 11.6 Å². The SMILES string of the molecule is COCCOCc1nnc(-c2ccc(-c3cc(Cl)ccc3OC)nc2)n1-c1ccc(OC)nc1. The van der Waals surface area contributed by atoms with E-state index in [2.05, 4.69) is 20.2 Å². The van der Waals surface area contributed by atoms with Gasteiger partial charge in [-0.2, -0.15) is 0 Å². The van der Waals surface area contributed by atoms with Gasteiger partial charge in [0.2, 0.25) is 5.88 Å². The molecule has 1 aromatic carbocycles. The highest BCUT2D eigenvalue weighted by Crippen LogP contribution is 2.32. The van der Waals surface area contributed by atoms with E-state index in [4.69, 9.17) is 30.5 Å². The molecule has 3 aromatic heterocycles. The van der Waals surface area contributed by atoms with E-state index in [1.165, 1.54) is 0 Å². The lowest BCUT2D eigenvalue weighted by Crippen LogP contribution is -2.08. The van der Waals surface area contributed by atoms with E-state index in [-0.39, 0.29) is 6.61 Å². The fourth-order valence-corrected chi connectivity index (χ4v) is 3.54. The third-order valence-electron chi connectivity index (χ3n) is 5.04. The average molecular weight is 482 g/mol. The summed E-state index contributed by atoms with van der Waals surface area (Å²) in [6.45, 7) is 1.19. The summed E-state index contributed by atoms with van der Waals surface area (Å²) in [5.41, 5.74) is 3.07. The van der Waals surface area contributed by atoms with E-state index in [0.717, 1.165) is 22.5 Å². The predicted octanol–water partition coefficient (Wildman–Crippen LogP) is 4.22. The molecular weight excluding hydrogens is 458 g/mol. The zero-order valence-electron chi connectivity index (χ0n) is 19.1. The zero-order valence-corrected chi connectivity index (χ0v) is 19.8. The Hall–Kier alpha value is -3.53. The Morgan fingerprint density at radius 3 is 2.44 bits per heavy atom. The van der Waals surface area contributed by atoms with Gasteiger partial charge in [-0.05, 0) is 36.4 Å². The lowest BCUT2D eigenvalue weighted by atomic mass is 10.1. The lowest BCUT2D eigenvalue weighted by Gasteiger charge is -2.12. The molecule has 0 bridgehead atoms. The average Bonchev–Trinajstić information content (AvgIpc) is 3.30. The Kier molecular flexibility index (Phi) is 7.69. The second-order valence-electron chi connectivity index (χ2n) is 7.16. The van der Waals surface area contributed by atoms with Crippen LogP contribution in [0.3, 0.4) is 0 Å². The molecule has 4 aromatic rings. The molecule has 0 fully saturated rings. The molecule has 0 aliphatic heterocycles. The minimum Gasteiger partial charge on any atom is -0.496 e. The van der Waals surface area contributed by atoms with Crippen molar-refractivity contribution in [1.29, 1.82) is 0 Å². The van der Waals surface area contributed by atoms with E-state index in [0.29, 0.717) is 41.5 Å². The zero-order chi connectivity index (χ0) is 23.9. The highest BCUT2D eigenvalue weighted by atomic mass is 35.5. The van der Waals surface area contributed by atoms with Crippen LogP contribution in [0, 0.1) is 0 Å². The van der Waals surface area contributed by atoms with Crippen LogP contribution in [0.15, 0.2) is 54.9 Å². The summed E-state index contributed by atoms with van der Waals surface area (Å²) in [6, 6.07) is 12.9. The van der Waals surface area contributed by atoms with Crippen LogP contribution in [0.5, 0.6) is 11.6 Å². The van der Waals surface area contributed by atoms with Gasteiger partial charge >= 0.3 is 0 Å². The van der Waals surface area contributed by atoms with Crippen LogP contribution in [0.4, 0.5) is 0 Å². The molecule has 10 heteroatoms. The lowest BCUT2D eigenvalue weighted by molar-refractivity contribution is 0.0580. The monoisotopic (exact) mass is 481 g/mol. The maximum atomic E-state index is 6.19. The van der Waals surface area contributed by atoms with Gasteiger partial charge in [0.1, 0.15) is 12.4 Å². The van der Waals surface area contributed by atoms with E-state index >= 15 is 0 Å². The van der Waals surface area contributed by atoms with Crippen molar-refractivity contribution in [3.8, 4) is 40.0 Å². The number of nitrogens with zero attached hydrogens (tertiary/aromatic N) is 5. The number of halogens is 1. The summed E-state index contributed by atoms with van der Waals surface area (Å²) < 4.78 is 23.3. The first kappa shape index (κ1) is 23.6. The maximum Gasteiger partial charge on any atom is 0.213 e. The van der Waals surface area contributed by atoms with Crippen molar-refractivity contribution in [2.24, 2.45) is 0 Å². The Morgan fingerprint density at radius 1 is 0.882 bits per heavy atom. The number of hydrogen-bond acceptors (Lipinski definition) is 8. The smallest absolute Gasteiger partial charge is 0.213 e. The van der Waals surface area contributed by atoms with Gasteiger partial charge in [0.05, 0.1) is 45.0 Å². The molecule has 4 rings (SSSR count). The molecule has 0 aliphatic rings. The molecule has 0 N–H and O–H groups in total. The van der Waals surface area contributed by atoms with Gasteiger partial charge < -0.3 is 18.9 Å². The summed E-state index contributed by atoms with van der Waals surface area (Å²) in [4.78, 5) is 8.95. The Balaban J connectivity index is 1.70. The fraction of sp³-hybridized carbons (Fsp3) is 0.250. The third-order valence-corrected chi connectivity index (χ3v) is 5.28. The van der Waals surface area contributed by atoms with Crippen LogP contribution in [-0.4, -0.2) is 59.3 Å². The number of methoxy groups -OCH3 is 3. The number of ether oxygens (including phenoxy) is 4. The Morgan fingerprint density at radius 2 is 1.76 bits per heavy atom. The molecule has 0 unspecified atom stereocenters. The largest absolute Gasteiger partial charge is 0.496 e. The van der Waals surface area contributed by atoms with Crippen molar-refractivity contribution >= 4 is 11.6 Å². The van der Waals surface area contributed by atoms with Crippen LogP contribution < -0.4 is 9.47 Å². The molecule has 0 radical (unpaired) electrons. The van der Waals surface area contributed by atoms with E-state index in [9.17, 15) is 0 Å². The van der Waals surface area contributed by atoms with Crippen molar-refractivity contribution in [3.63, 3.8) is 0 Å². The second-order valence-corrected chi connectivity index (χ2v) is 7.59. The first-order valence-electron chi connectivity index (χ1n) is 10.5. The highest BCUT2D eigenvalue weighted by molar-refractivity contribution is 6.30. The number of aromatic nitrogens is 5. The molecule has 0 aliphatic carbocycles. The first-order chi connectivity index (χ1) is 16.6. The summed E-state index contributed by atoms with van der Waals surface area (Å²) in [6.07, 6.45) is 3.44. The molecule has 0 saturated carbocycles. The molecule has 176 valence electrons. The molecule has 3 heterocycles. The molecule has 0 amide bonds. The van der Waals surface area contributed by atoms with Crippen molar-refractivity contribution < 1.29 is 18.9 Å². The third kappa shape index (κ3) is 5.17. The molecule has 0 saturated heterocycles. The van der Waals surface area contributed by atoms with Gasteiger partial charge in [-0.15, -0.1) is 10.2 Å². The van der Waals surface area contributed by atoms with Gasteiger partial charge in [0.25, 0.3) is 0 Å². The van der Waals surface area contributed by atoms with Crippen LogP contribution in [0.25, 0.3) is 28.3 Å². The normalized spacial score (nSPS) is 10.9. The molecule has 0 atom stereocenters. The second kappa shape index (κ2) is 11.1. The van der Waals surface area contributed by atoms with Gasteiger partial charge in [-0.1, -0.05) is 11.6 Å². The highest BCUT2D eigenvalue weighted by Gasteiger charge is 2.17. The van der Waals surface area contributed by atoms with E-state index in [1.807, 2.05) is 34.9 Å². The topological polar surface area (TPSA) is 93.4 Å². The number of benzene rings is 1. The van der Waals surface area contributed by atoms with Crippen LogP contribution in [-0.2, 0) is 16.1 Å². The van der Waals surface area contributed by atoms with Gasteiger partial charge in [-0.3, -0.25) is 9.55 Å². The number of pyridine rings is 2. The molecule has 9 nitrogen and oxygen atoms in total. The van der Waals surface area contributed by atoms with Gasteiger partial charge in [-0.25, -0.2) is 4.98 Å². The summed E-state index contributed by atoms with van der Waals surface area (Å²) in [5.74, 6) is 2.43. The quantitative estimate of drug-likeness (QED) is 0.311. The van der Waals surface area contributed by atoms with Crippen LogP contribution in [0.1, 0.15) is 5.82 Å². The minimum atomic E-state index is 0.258. The summed E-state index contributed by atoms with van der Waals surface area (Å²) in [5, 5.41) is 9.37. The van der Waals surface area contributed by atoms with Crippen molar-refractivity contribution in [3.05, 3.63) is 65.7 Å². The summed E-state index contributed by atoms with van der Waals surface area (Å²) in [7, 11) is 4.81. The molecule has 0 spiro atoms. The molecular formula is C24H24ClN5O4. The van der Waals surface area contributed by atoms with Gasteiger partial charge in [0.15, 0.2) is 11.6 Å². The standard InChI is InChI=1S/C24H24ClN5O4/c1-31-10-11-34-15-22-28-29-24(30(22)18-6-9-23(33-3)27-14-18)16-4-7-20(26-13-16)19-12-17(25)5-8-21(19)32-2/h4-9,12-14H,10-11,15H2,1-3H3. The molecule has 34 heavy (non-hydrogen) atoms. The van der Waals surface area contributed by atoms with Gasteiger partial charge in [0, 0.05) is 35.5 Å². The maximum absolute atomic E-state index is 6.19.